The van der Waals surface area contributed by atoms with Crippen molar-refractivity contribution in [1.29, 1.82) is 0 Å². The van der Waals surface area contributed by atoms with Gasteiger partial charge in [0.25, 0.3) is 0 Å². The second kappa shape index (κ2) is 4.63. The maximum absolute atomic E-state index is 4.05. The molecule has 0 spiro atoms. The van der Waals surface area contributed by atoms with E-state index in [1.807, 2.05) is 36.4 Å². The predicted octanol–water partition coefficient (Wildman–Crippen LogP) is 3.10. The van der Waals surface area contributed by atoms with Crippen LogP contribution in [-0.2, 0) is 0 Å². The monoisotopic (exact) mass is 294 g/mol. The maximum atomic E-state index is 4.05. The number of nitrogens with zero attached hydrogens (tertiary/aromatic N) is 4. The summed E-state index contributed by atoms with van der Waals surface area (Å²) < 4.78 is 9.99. The van der Waals surface area contributed by atoms with Crippen LogP contribution < -0.4 is 0 Å². The summed E-state index contributed by atoms with van der Waals surface area (Å²) in [6.45, 7) is 0. The predicted molar refractivity (Wildman–Crippen MR) is 80.8 cm³/mol. The molecule has 0 aliphatic heterocycles. The highest BCUT2D eigenvalue weighted by molar-refractivity contribution is 7.13. The first-order valence-electron chi connectivity index (χ1n) is 5.85. The minimum atomic E-state index is 0.890. The van der Waals surface area contributed by atoms with E-state index in [-0.39, 0.29) is 0 Å². The van der Waals surface area contributed by atoms with Crippen LogP contribution in [0.3, 0.4) is 0 Å². The average molecular weight is 294 g/mol. The molecule has 4 nitrogen and oxygen atoms in total. The Hall–Kier alpha value is -2.36. The maximum Gasteiger partial charge on any atom is 0.107 e. The lowest BCUT2D eigenvalue weighted by Crippen LogP contribution is -1.77. The lowest BCUT2D eigenvalue weighted by molar-refractivity contribution is 1.20. The van der Waals surface area contributed by atoms with Gasteiger partial charge >= 0.3 is 0 Å². The fourth-order valence-electron chi connectivity index (χ4n) is 1.86. The van der Waals surface area contributed by atoms with Gasteiger partial charge in [0.1, 0.15) is 11.0 Å². The summed E-state index contributed by atoms with van der Waals surface area (Å²) in [6.07, 6.45) is 0. The third kappa shape index (κ3) is 2.03. The molecule has 0 aliphatic rings. The zero-order valence-electron chi connectivity index (χ0n) is 10.1. The van der Waals surface area contributed by atoms with Crippen LogP contribution in [0.25, 0.3) is 20.4 Å². The summed E-state index contributed by atoms with van der Waals surface area (Å²) in [7, 11) is 0. The van der Waals surface area contributed by atoms with Gasteiger partial charge in [0.15, 0.2) is 0 Å². The van der Waals surface area contributed by atoms with Crippen LogP contribution in [0.15, 0.2) is 36.4 Å². The number of fused-ring (bicyclic) bond motifs is 2. The zero-order valence-corrected chi connectivity index (χ0v) is 11.7. The van der Waals surface area contributed by atoms with Crippen LogP contribution in [-0.4, -0.2) is 19.2 Å². The second-order valence-electron chi connectivity index (χ2n) is 4.16. The van der Waals surface area contributed by atoms with E-state index >= 15 is 0 Å². The van der Waals surface area contributed by atoms with Crippen molar-refractivity contribution in [2.45, 2.75) is 0 Å². The number of hydrogen-bond donors (Lipinski definition) is 0. The Kier molecular flexibility index (Phi) is 2.66. The first-order valence-corrected chi connectivity index (χ1v) is 7.39. The highest BCUT2D eigenvalue weighted by atomic mass is 32.1. The van der Waals surface area contributed by atoms with E-state index in [0.29, 0.717) is 0 Å². The number of benzene rings is 2. The highest BCUT2D eigenvalue weighted by Crippen LogP contribution is 2.17. The summed E-state index contributed by atoms with van der Waals surface area (Å²) in [4.78, 5) is 0. The van der Waals surface area contributed by atoms with Gasteiger partial charge in [0.05, 0.1) is 9.40 Å². The van der Waals surface area contributed by atoms with E-state index in [4.69, 9.17) is 0 Å². The van der Waals surface area contributed by atoms with Crippen LogP contribution in [0, 0.1) is 11.8 Å². The van der Waals surface area contributed by atoms with Crippen molar-refractivity contribution in [2.75, 3.05) is 0 Å². The Balaban J connectivity index is 1.73. The number of rotatable bonds is 0. The van der Waals surface area contributed by atoms with Crippen molar-refractivity contribution in [3.8, 4) is 11.8 Å². The fraction of sp³-hybridized carbons (Fsp3) is 0. The van der Waals surface area contributed by atoms with E-state index in [0.717, 1.165) is 31.6 Å². The molecule has 0 saturated heterocycles. The average Bonchev–Trinajstić information content (AvgIpc) is 3.12. The summed E-state index contributed by atoms with van der Waals surface area (Å²) in [5, 5.41) is 8.10. The second-order valence-corrected chi connectivity index (χ2v) is 5.73. The molecule has 0 atom stereocenters. The quantitative estimate of drug-likeness (QED) is 0.468. The first kappa shape index (κ1) is 11.5. The summed E-state index contributed by atoms with van der Waals surface area (Å²) in [5.41, 5.74) is 3.64. The van der Waals surface area contributed by atoms with E-state index < -0.39 is 0 Å². The molecule has 94 valence electrons. The molecular weight excluding hydrogens is 288 g/mol. The third-order valence-electron chi connectivity index (χ3n) is 2.84. The van der Waals surface area contributed by atoms with Gasteiger partial charge in [-0.1, -0.05) is 20.8 Å². The third-order valence-corrected chi connectivity index (χ3v) is 4.25. The van der Waals surface area contributed by atoms with Gasteiger partial charge < -0.3 is 0 Å². The molecule has 6 heteroatoms. The van der Waals surface area contributed by atoms with Crippen molar-refractivity contribution < 1.29 is 0 Å². The van der Waals surface area contributed by atoms with Crippen LogP contribution >= 0.6 is 23.1 Å². The molecule has 20 heavy (non-hydrogen) atoms. The number of aromatic nitrogens is 4. The molecule has 0 N–H and O–H groups in total. The molecule has 2 aromatic carbocycles. The van der Waals surface area contributed by atoms with Gasteiger partial charge in [-0.15, -0.1) is 10.2 Å². The molecule has 0 saturated carbocycles. The Labute approximate surface area is 122 Å². The lowest BCUT2D eigenvalue weighted by atomic mass is 10.1. The molecule has 0 aliphatic carbocycles. The van der Waals surface area contributed by atoms with Gasteiger partial charge in [0.2, 0.25) is 0 Å². The normalized spacial score (nSPS) is 10.6. The zero-order chi connectivity index (χ0) is 13.4. The molecule has 4 rings (SSSR count). The van der Waals surface area contributed by atoms with Crippen molar-refractivity contribution in [3.05, 3.63) is 47.5 Å². The lowest BCUT2D eigenvalue weighted by Gasteiger charge is -1.91. The summed E-state index contributed by atoms with van der Waals surface area (Å²) in [5.74, 6) is 6.28. The smallest absolute Gasteiger partial charge is 0.107 e. The Bertz CT molecular complexity index is 897. The van der Waals surface area contributed by atoms with E-state index in [9.17, 15) is 0 Å². The largest absolute Gasteiger partial charge is 0.138 e. The van der Waals surface area contributed by atoms with Gasteiger partial charge in [-0.3, -0.25) is 0 Å². The van der Waals surface area contributed by atoms with Crippen LogP contribution in [0.4, 0.5) is 0 Å². The molecular formula is C14H6N4S2. The summed E-state index contributed by atoms with van der Waals surface area (Å²) >= 11 is 2.78. The van der Waals surface area contributed by atoms with Crippen molar-refractivity contribution in [2.24, 2.45) is 0 Å². The van der Waals surface area contributed by atoms with E-state index in [1.54, 1.807) is 0 Å². The summed E-state index contributed by atoms with van der Waals surface area (Å²) in [6, 6.07) is 11.9. The van der Waals surface area contributed by atoms with Crippen LogP contribution in [0.1, 0.15) is 11.1 Å². The minimum absolute atomic E-state index is 0.890. The van der Waals surface area contributed by atoms with Gasteiger partial charge in [0, 0.05) is 11.1 Å². The first-order chi connectivity index (χ1) is 9.88. The van der Waals surface area contributed by atoms with Crippen LogP contribution in [0.5, 0.6) is 0 Å². The van der Waals surface area contributed by atoms with Crippen molar-refractivity contribution >= 4 is 43.5 Å². The van der Waals surface area contributed by atoms with Crippen molar-refractivity contribution in [3.63, 3.8) is 0 Å². The van der Waals surface area contributed by atoms with Gasteiger partial charge in [-0.25, -0.2) is 0 Å². The molecule has 0 amide bonds. The molecule has 0 radical (unpaired) electrons. The fourth-order valence-corrected chi connectivity index (χ4v) is 2.94. The highest BCUT2D eigenvalue weighted by Gasteiger charge is 1.99. The van der Waals surface area contributed by atoms with E-state index in [1.165, 1.54) is 23.1 Å². The topological polar surface area (TPSA) is 51.6 Å². The minimum Gasteiger partial charge on any atom is -0.138 e. The molecule has 0 fully saturated rings. The SMILES string of the molecule is C(#Cc1ccc2snnc2c1)c1ccc2snnc2c1. The molecule has 0 bridgehead atoms. The molecule has 0 unspecified atom stereocenters. The standard InChI is InChI=1S/C14H6N4S2/c1(9-3-5-13-11(7-9)15-17-19-13)2-10-4-6-14-12(8-10)16-18-20-14/h3-8H. The van der Waals surface area contributed by atoms with E-state index in [2.05, 4.69) is 31.0 Å². The Morgan fingerprint density at radius 1 is 0.700 bits per heavy atom. The molecule has 4 aromatic rings. The Morgan fingerprint density at radius 2 is 1.20 bits per heavy atom. The molecule has 2 aromatic heterocycles. The van der Waals surface area contributed by atoms with Gasteiger partial charge in [-0.05, 0) is 59.5 Å². The Morgan fingerprint density at radius 3 is 1.70 bits per heavy atom. The van der Waals surface area contributed by atoms with Gasteiger partial charge in [-0.2, -0.15) is 0 Å². The molecule has 2 heterocycles. The number of hydrogen-bond acceptors (Lipinski definition) is 6. The van der Waals surface area contributed by atoms with Crippen molar-refractivity contribution in [1.82, 2.24) is 19.2 Å². The van der Waals surface area contributed by atoms with Crippen LogP contribution in [0.2, 0.25) is 0 Å².